The van der Waals surface area contributed by atoms with Gasteiger partial charge in [0.05, 0.1) is 12.3 Å². The fourth-order valence-electron chi connectivity index (χ4n) is 3.04. The van der Waals surface area contributed by atoms with Crippen LogP contribution in [-0.2, 0) is 0 Å². The predicted molar refractivity (Wildman–Crippen MR) is 96.3 cm³/mol. The highest BCUT2D eigenvalue weighted by Crippen LogP contribution is 2.27. The van der Waals surface area contributed by atoms with Gasteiger partial charge in [0.1, 0.15) is 11.3 Å². The molecule has 6 nitrogen and oxygen atoms in total. The number of nitrogens with one attached hydrogen (secondary N) is 1. The van der Waals surface area contributed by atoms with Gasteiger partial charge in [-0.25, -0.2) is 9.97 Å². The van der Waals surface area contributed by atoms with Crippen LogP contribution in [0.4, 0.5) is 0 Å². The normalized spacial score (nSPS) is 12.9. The maximum absolute atomic E-state index is 12.5. The van der Waals surface area contributed by atoms with E-state index < -0.39 is 0 Å². The lowest BCUT2D eigenvalue weighted by Gasteiger charge is -2.22. The number of fused-ring (bicyclic) bond motifs is 1. The summed E-state index contributed by atoms with van der Waals surface area (Å²) in [6.45, 7) is 8.46. The van der Waals surface area contributed by atoms with Gasteiger partial charge in [-0.2, -0.15) is 0 Å². The highest BCUT2D eigenvalue weighted by atomic mass is 16.3. The van der Waals surface area contributed by atoms with Crippen LogP contribution in [0.1, 0.15) is 62.6 Å². The molecule has 0 saturated carbocycles. The van der Waals surface area contributed by atoms with Crippen molar-refractivity contribution in [1.82, 2.24) is 19.9 Å². The Balaban J connectivity index is 2.02. The molecule has 132 valence electrons. The fraction of sp³-hybridized carbons (Fsp3) is 0.421. The average molecular weight is 340 g/mol. The molecule has 0 bridgehead atoms. The van der Waals surface area contributed by atoms with Crippen molar-refractivity contribution in [2.45, 2.75) is 46.2 Å². The molecule has 1 amide bonds. The summed E-state index contributed by atoms with van der Waals surface area (Å²) in [5.74, 6) is 1.30. The van der Waals surface area contributed by atoms with Crippen LogP contribution in [0.3, 0.4) is 0 Å². The number of rotatable bonds is 6. The van der Waals surface area contributed by atoms with Gasteiger partial charge < -0.3 is 14.3 Å². The van der Waals surface area contributed by atoms with Crippen LogP contribution < -0.4 is 5.32 Å². The third-order valence-corrected chi connectivity index (χ3v) is 4.06. The highest BCUT2D eigenvalue weighted by molar-refractivity contribution is 5.91. The van der Waals surface area contributed by atoms with Crippen molar-refractivity contribution in [3.8, 4) is 0 Å². The van der Waals surface area contributed by atoms with Gasteiger partial charge in [-0.1, -0.05) is 13.8 Å². The fourth-order valence-corrected chi connectivity index (χ4v) is 3.04. The molecular formula is C19H24N4O2. The van der Waals surface area contributed by atoms with Crippen LogP contribution in [0.15, 0.2) is 41.1 Å². The Labute approximate surface area is 147 Å². The summed E-state index contributed by atoms with van der Waals surface area (Å²) in [5.41, 5.74) is 1.68. The number of carbonyl (C=O) groups is 1. The Hall–Kier alpha value is -2.63. The summed E-state index contributed by atoms with van der Waals surface area (Å²) in [7, 11) is 0. The first-order chi connectivity index (χ1) is 12.0. The molecule has 3 aromatic heterocycles. The van der Waals surface area contributed by atoms with Crippen molar-refractivity contribution >= 4 is 17.1 Å². The van der Waals surface area contributed by atoms with Crippen molar-refractivity contribution in [3.05, 3.63) is 48.3 Å². The van der Waals surface area contributed by atoms with Crippen LogP contribution >= 0.6 is 0 Å². The van der Waals surface area contributed by atoms with Crippen LogP contribution in [0.5, 0.6) is 0 Å². The molecule has 6 heteroatoms. The molecule has 3 heterocycles. The van der Waals surface area contributed by atoms with E-state index in [1.807, 2.05) is 12.1 Å². The lowest BCUT2D eigenvalue weighted by atomic mass is 10.0. The maximum Gasteiger partial charge on any atom is 0.287 e. The number of aromatic nitrogens is 3. The van der Waals surface area contributed by atoms with Gasteiger partial charge in [0.25, 0.3) is 5.91 Å². The van der Waals surface area contributed by atoms with E-state index in [4.69, 9.17) is 9.40 Å². The van der Waals surface area contributed by atoms with Gasteiger partial charge in [-0.15, -0.1) is 0 Å². The summed E-state index contributed by atoms with van der Waals surface area (Å²) >= 11 is 0. The zero-order valence-electron chi connectivity index (χ0n) is 15.1. The molecule has 0 radical (unpaired) electrons. The zero-order chi connectivity index (χ0) is 18.0. The number of nitrogens with zero attached hydrogens (tertiary/aromatic N) is 3. The molecule has 0 aromatic carbocycles. The monoisotopic (exact) mass is 340 g/mol. The molecular weight excluding hydrogens is 316 g/mol. The topological polar surface area (TPSA) is 73.0 Å². The Morgan fingerprint density at radius 1 is 1.24 bits per heavy atom. The SMILES string of the molecule is CC(C)C[C@@H](NC(=O)c1ccco1)c1nc2cccnc2n1C(C)C. The standard InChI is InChI=1S/C19H24N4O2/c1-12(2)11-15(22-19(24)16-8-6-10-25-16)18-21-14-7-5-9-20-17(14)23(18)13(3)4/h5-10,12-13,15H,11H2,1-4H3,(H,22,24)/t15-/m1/s1. The molecule has 25 heavy (non-hydrogen) atoms. The minimum atomic E-state index is -0.231. The summed E-state index contributed by atoms with van der Waals surface area (Å²) in [6.07, 6.45) is 4.05. The Kier molecular flexibility index (Phi) is 4.88. The first kappa shape index (κ1) is 17.2. The lowest BCUT2D eigenvalue weighted by molar-refractivity contribution is 0.0900. The van der Waals surface area contributed by atoms with E-state index in [0.717, 1.165) is 23.4 Å². The number of pyridine rings is 1. The van der Waals surface area contributed by atoms with Crippen molar-refractivity contribution < 1.29 is 9.21 Å². The van der Waals surface area contributed by atoms with E-state index in [1.165, 1.54) is 6.26 Å². The van der Waals surface area contributed by atoms with Gasteiger partial charge in [0.2, 0.25) is 0 Å². The number of furan rings is 1. The van der Waals surface area contributed by atoms with Crippen molar-refractivity contribution in [2.24, 2.45) is 5.92 Å². The number of carbonyl (C=O) groups excluding carboxylic acids is 1. The molecule has 1 N–H and O–H groups in total. The minimum Gasteiger partial charge on any atom is -0.459 e. The Morgan fingerprint density at radius 2 is 2.04 bits per heavy atom. The summed E-state index contributed by atoms with van der Waals surface area (Å²) in [5, 5.41) is 3.08. The minimum absolute atomic E-state index is 0.185. The Morgan fingerprint density at radius 3 is 2.68 bits per heavy atom. The molecule has 0 aliphatic carbocycles. The molecule has 1 atom stereocenters. The van der Waals surface area contributed by atoms with Gasteiger partial charge in [0, 0.05) is 12.2 Å². The second kappa shape index (κ2) is 7.09. The summed E-state index contributed by atoms with van der Waals surface area (Å²) < 4.78 is 7.32. The zero-order valence-corrected chi connectivity index (χ0v) is 15.1. The van der Waals surface area contributed by atoms with E-state index >= 15 is 0 Å². The molecule has 0 aliphatic heterocycles. The second-order valence-corrected chi connectivity index (χ2v) is 6.91. The van der Waals surface area contributed by atoms with Gasteiger partial charge in [-0.05, 0) is 50.5 Å². The third-order valence-electron chi connectivity index (χ3n) is 4.06. The third kappa shape index (κ3) is 3.57. The summed E-state index contributed by atoms with van der Waals surface area (Å²) in [6, 6.07) is 7.17. The second-order valence-electron chi connectivity index (χ2n) is 6.91. The van der Waals surface area contributed by atoms with E-state index in [2.05, 4.69) is 42.6 Å². The number of imidazole rings is 1. The van der Waals surface area contributed by atoms with Gasteiger partial charge in [-0.3, -0.25) is 4.79 Å². The number of hydrogen-bond donors (Lipinski definition) is 1. The van der Waals surface area contributed by atoms with Crippen molar-refractivity contribution in [1.29, 1.82) is 0 Å². The van der Waals surface area contributed by atoms with E-state index in [0.29, 0.717) is 11.7 Å². The van der Waals surface area contributed by atoms with Crippen LogP contribution in [0, 0.1) is 5.92 Å². The number of amides is 1. The van der Waals surface area contributed by atoms with Crippen LogP contribution in [0.25, 0.3) is 11.2 Å². The van der Waals surface area contributed by atoms with Gasteiger partial charge >= 0.3 is 0 Å². The molecule has 0 aliphatic rings. The molecule has 0 spiro atoms. The van der Waals surface area contributed by atoms with Crippen molar-refractivity contribution in [2.75, 3.05) is 0 Å². The molecule has 0 saturated heterocycles. The Bertz CT molecular complexity index is 850. The molecule has 0 unspecified atom stereocenters. The first-order valence-electron chi connectivity index (χ1n) is 8.64. The predicted octanol–water partition coefficient (Wildman–Crippen LogP) is 4.12. The van der Waals surface area contributed by atoms with E-state index in [9.17, 15) is 4.79 Å². The van der Waals surface area contributed by atoms with Gasteiger partial charge in [0.15, 0.2) is 11.4 Å². The molecule has 0 fully saturated rings. The summed E-state index contributed by atoms with van der Waals surface area (Å²) in [4.78, 5) is 21.8. The highest BCUT2D eigenvalue weighted by Gasteiger charge is 2.25. The average Bonchev–Trinajstić information content (AvgIpc) is 3.21. The maximum atomic E-state index is 12.5. The van der Waals surface area contributed by atoms with Crippen LogP contribution in [-0.4, -0.2) is 20.4 Å². The van der Waals surface area contributed by atoms with Crippen molar-refractivity contribution in [3.63, 3.8) is 0 Å². The van der Waals surface area contributed by atoms with E-state index in [1.54, 1.807) is 18.3 Å². The molecule has 3 rings (SSSR count). The smallest absolute Gasteiger partial charge is 0.287 e. The number of hydrogen-bond acceptors (Lipinski definition) is 4. The first-order valence-corrected chi connectivity index (χ1v) is 8.64. The molecule has 3 aromatic rings. The van der Waals surface area contributed by atoms with Crippen LogP contribution in [0.2, 0.25) is 0 Å². The van der Waals surface area contributed by atoms with E-state index in [-0.39, 0.29) is 18.0 Å². The lowest BCUT2D eigenvalue weighted by Crippen LogP contribution is -2.31. The quantitative estimate of drug-likeness (QED) is 0.732. The largest absolute Gasteiger partial charge is 0.459 e.